The lowest BCUT2D eigenvalue weighted by Gasteiger charge is -2.13. The van der Waals surface area contributed by atoms with Gasteiger partial charge in [0.15, 0.2) is 0 Å². The summed E-state index contributed by atoms with van der Waals surface area (Å²) in [6.07, 6.45) is 15.7. The molecule has 1 aliphatic heterocycles. The maximum absolute atomic E-state index is 5.49. The highest BCUT2D eigenvalue weighted by Crippen LogP contribution is 2.14. The highest BCUT2D eigenvalue weighted by molar-refractivity contribution is 4.93. The van der Waals surface area contributed by atoms with Gasteiger partial charge in [0, 0.05) is 18.9 Å². The Kier molecular flexibility index (Phi) is 9.25. The van der Waals surface area contributed by atoms with Crippen LogP contribution in [0.5, 0.6) is 0 Å². The molecule has 0 spiro atoms. The largest absolute Gasteiger partial charge is 0.373 e. The smallest absolute Gasteiger partial charge is 0.0867 e. The first-order chi connectivity index (χ1) is 9.33. The van der Waals surface area contributed by atoms with Gasteiger partial charge in [0.25, 0.3) is 0 Å². The maximum Gasteiger partial charge on any atom is 0.0867 e. The zero-order valence-electron chi connectivity index (χ0n) is 12.4. The summed E-state index contributed by atoms with van der Waals surface area (Å²) in [6.45, 7) is 7.09. The molecule has 0 saturated carbocycles. The molecule has 19 heavy (non-hydrogen) atoms. The molecule has 1 heterocycles. The molecule has 0 bridgehead atoms. The first-order valence-corrected chi connectivity index (χ1v) is 7.84. The minimum atomic E-state index is 0.792. The Hall–Kier alpha value is -0.960. The van der Waals surface area contributed by atoms with Crippen LogP contribution in [0.1, 0.15) is 57.8 Å². The molecule has 0 atom stereocenters. The standard InChI is InChI=1S/C16H31N3/c1-16(10-8-11-17)9-6-4-2-3-5-7-13-19-14-12-18-15-19/h12,14,18H,1-11,13,15,17H2. The Morgan fingerprint density at radius 3 is 2.42 bits per heavy atom. The van der Waals surface area contributed by atoms with E-state index in [-0.39, 0.29) is 0 Å². The number of unbranched alkanes of at least 4 members (excludes halogenated alkanes) is 5. The van der Waals surface area contributed by atoms with Gasteiger partial charge in [-0.15, -0.1) is 0 Å². The molecule has 3 heteroatoms. The van der Waals surface area contributed by atoms with Crippen molar-refractivity contribution in [1.29, 1.82) is 0 Å². The summed E-state index contributed by atoms with van der Waals surface area (Å²) < 4.78 is 0. The van der Waals surface area contributed by atoms with Crippen LogP contribution < -0.4 is 11.1 Å². The molecule has 0 aliphatic carbocycles. The van der Waals surface area contributed by atoms with Crippen LogP contribution in [0.3, 0.4) is 0 Å². The molecule has 1 rings (SSSR count). The lowest BCUT2D eigenvalue weighted by molar-refractivity contribution is 0.375. The van der Waals surface area contributed by atoms with Gasteiger partial charge in [-0.3, -0.25) is 0 Å². The van der Waals surface area contributed by atoms with Crippen LogP contribution >= 0.6 is 0 Å². The molecule has 3 nitrogen and oxygen atoms in total. The molecule has 0 saturated heterocycles. The second kappa shape index (κ2) is 10.9. The van der Waals surface area contributed by atoms with Crippen molar-refractivity contribution in [3.8, 4) is 0 Å². The normalized spacial score (nSPS) is 13.8. The Labute approximate surface area is 118 Å². The summed E-state index contributed by atoms with van der Waals surface area (Å²) in [6, 6.07) is 0. The number of nitrogens with zero attached hydrogens (tertiary/aromatic N) is 1. The van der Waals surface area contributed by atoms with Gasteiger partial charge in [-0.2, -0.15) is 0 Å². The van der Waals surface area contributed by atoms with E-state index in [9.17, 15) is 0 Å². The number of rotatable bonds is 12. The first kappa shape index (κ1) is 16.1. The number of nitrogens with two attached hydrogens (primary N) is 1. The summed E-state index contributed by atoms with van der Waals surface area (Å²) in [5, 5.41) is 3.20. The van der Waals surface area contributed by atoms with Crippen molar-refractivity contribution in [2.24, 2.45) is 5.73 Å². The van der Waals surface area contributed by atoms with Gasteiger partial charge in [-0.25, -0.2) is 0 Å². The molecule has 0 aromatic rings. The molecule has 3 N–H and O–H groups in total. The van der Waals surface area contributed by atoms with Crippen molar-refractivity contribution < 1.29 is 0 Å². The fraction of sp³-hybridized carbons (Fsp3) is 0.750. The summed E-state index contributed by atoms with van der Waals surface area (Å²) in [7, 11) is 0. The molecular formula is C16H31N3. The van der Waals surface area contributed by atoms with Crippen LogP contribution in [0, 0.1) is 0 Å². The third-order valence-corrected chi connectivity index (χ3v) is 3.66. The van der Waals surface area contributed by atoms with Gasteiger partial charge >= 0.3 is 0 Å². The van der Waals surface area contributed by atoms with Crippen LogP contribution in [0.2, 0.25) is 0 Å². The summed E-state index contributed by atoms with van der Waals surface area (Å²) in [4.78, 5) is 2.33. The predicted molar refractivity (Wildman–Crippen MR) is 83.6 cm³/mol. The van der Waals surface area contributed by atoms with E-state index in [2.05, 4.69) is 23.0 Å². The third kappa shape index (κ3) is 8.71. The Bertz CT molecular complexity index is 261. The molecule has 0 amide bonds. The molecule has 0 aromatic carbocycles. The minimum absolute atomic E-state index is 0.792. The van der Waals surface area contributed by atoms with Crippen molar-refractivity contribution in [3.63, 3.8) is 0 Å². The molecule has 0 radical (unpaired) electrons. The van der Waals surface area contributed by atoms with E-state index >= 15 is 0 Å². The molecule has 110 valence electrons. The molecule has 0 fully saturated rings. The van der Waals surface area contributed by atoms with Gasteiger partial charge in [-0.1, -0.05) is 37.8 Å². The van der Waals surface area contributed by atoms with E-state index in [4.69, 9.17) is 5.73 Å². The quantitative estimate of drug-likeness (QED) is 0.420. The average Bonchev–Trinajstić information content (AvgIpc) is 2.92. The van der Waals surface area contributed by atoms with Crippen LogP contribution in [0.25, 0.3) is 0 Å². The average molecular weight is 265 g/mol. The zero-order chi connectivity index (χ0) is 13.8. The van der Waals surface area contributed by atoms with Crippen LogP contribution in [-0.4, -0.2) is 24.7 Å². The highest BCUT2D eigenvalue weighted by Gasteiger charge is 2.01. The van der Waals surface area contributed by atoms with Gasteiger partial charge in [0.1, 0.15) is 0 Å². The Morgan fingerprint density at radius 2 is 1.74 bits per heavy atom. The summed E-state index contributed by atoms with van der Waals surface area (Å²) in [5.41, 5.74) is 6.88. The molecule has 1 aliphatic rings. The monoisotopic (exact) mass is 265 g/mol. The van der Waals surface area contributed by atoms with Crippen LogP contribution in [0.15, 0.2) is 24.6 Å². The lowest BCUT2D eigenvalue weighted by Crippen LogP contribution is -2.21. The minimum Gasteiger partial charge on any atom is -0.373 e. The molecule has 0 unspecified atom stereocenters. The number of allylic oxidation sites excluding steroid dienone is 1. The maximum atomic E-state index is 5.49. The van der Waals surface area contributed by atoms with E-state index in [1.54, 1.807) is 0 Å². The Balaban J connectivity index is 1.78. The fourth-order valence-electron chi connectivity index (χ4n) is 2.41. The van der Waals surface area contributed by atoms with Crippen molar-refractivity contribution in [3.05, 3.63) is 24.6 Å². The Morgan fingerprint density at radius 1 is 1.05 bits per heavy atom. The van der Waals surface area contributed by atoms with Crippen molar-refractivity contribution in [1.82, 2.24) is 10.2 Å². The van der Waals surface area contributed by atoms with Crippen molar-refractivity contribution >= 4 is 0 Å². The summed E-state index contributed by atoms with van der Waals surface area (Å²) in [5.74, 6) is 0. The molecular weight excluding hydrogens is 234 g/mol. The van der Waals surface area contributed by atoms with Crippen molar-refractivity contribution in [2.75, 3.05) is 19.8 Å². The summed E-state index contributed by atoms with van der Waals surface area (Å²) >= 11 is 0. The highest BCUT2D eigenvalue weighted by atomic mass is 15.2. The van der Waals surface area contributed by atoms with E-state index in [1.165, 1.54) is 57.1 Å². The van der Waals surface area contributed by atoms with E-state index in [0.717, 1.165) is 26.1 Å². The van der Waals surface area contributed by atoms with Gasteiger partial charge < -0.3 is 16.0 Å². The SMILES string of the molecule is C=C(CCCN)CCCCCCCCN1C=CNC1. The van der Waals surface area contributed by atoms with E-state index in [1.807, 2.05) is 6.20 Å². The van der Waals surface area contributed by atoms with Gasteiger partial charge in [-0.05, 0) is 38.6 Å². The van der Waals surface area contributed by atoms with Crippen LogP contribution in [-0.2, 0) is 0 Å². The second-order valence-electron chi connectivity index (χ2n) is 5.50. The second-order valence-corrected chi connectivity index (χ2v) is 5.50. The topological polar surface area (TPSA) is 41.3 Å². The number of hydrogen-bond acceptors (Lipinski definition) is 3. The van der Waals surface area contributed by atoms with Crippen molar-refractivity contribution in [2.45, 2.75) is 57.8 Å². The van der Waals surface area contributed by atoms with E-state index in [0.29, 0.717) is 0 Å². The lowest BCUT2D eigenvalue weighted by atomic mass is 10.0. The molecule has 0 aromatic heterocycles. The number of nitrogens with one attached hydrogen (secondary N) is 1. The zero-order valence-corrected chi connectivity index (χ0v) is 12.4. The van der Waals surface area contributed by atoms with E-state index < -0.39 is 0 Å². The predicted octanol–water partition coefficient (Wildman–Crippen LogP) is 3.35. The fourth-order valence-corrected chi connectivity index (χ4v) is 2.41. The third-order valence-electron chi connectivity index (χ3n) is 3.66. The first-order valence-electron chi connectivity index (χ1n) is 7.84. The van der Waals surface area contributed by atoms with Gasteiger partial charge in [0.2, 0.25) is 0 Å². The van der Waals surface area contributed by atoms with Gasteiger partial charge in [0.05, 0.1) is 6.67 Å². The number of hydrogen-bond donors (Lipinski definition) is 2. The van der Waals surface area contributed by atoms with Crippen LogP contribution in [0.4, 0.5) is 0 Å².